The number of allylic oxidation sites excluding steroid dienone is 2. The molecular weight excluding hydrogens is 334 g/mol. The summed E-state index contributed by atoms with van der Waals surface area (Å²) in [6.45, 7) is 6.72. The zero-order chi connectivity index (χ0) is 19.5. The molecule has 0 unspecified atom stereocenters. The molecule has 3 rings (SSSR count). The van der Waals surface area contributed by atoms with Crippen molar-refractivity contribution in [1.29, 1.82) is 5.41 Å². The zero-order valence-corrected chi connectivity index (χ0v) is 14.9. The van der Waals surface area contributed by atoms with Gasteiger partial charge in [0.05, 0.1) is 11.4 Å². The van der Waals surface area contributed by atoms with Crippen LogP contribution in [-0.4, -0.2) is 21.6 Å². The summed E-state index contributed by atoms with van der Waals surface area (Å²) in [6, 6.07) is 20.3. The summed E-state index contributed by atoms with van der Waals surface area (Å²) in [7, 11) is 0. The normalized spacial score (nSPS) is 10.3. The largest absolute Gasteiger partial charge is 0.382 e. The topological polar surface area (TPSA) is 88.0 Å². The average molecular weight is 355 g/mol. The van der Waals surface area contributed by atoms with Gasteiger partial charge in [0.2, 0.25) is 0 Å². The van der Waals surface area contributed by atoms with Gasteiger partial charge in [-0.1, -0.05) is 67.8 Å². The lowest BCUT2D eigenvalue weighted by Crippen LogP contribution is -2.17. The molecule has 3 N–H and O–H groups in total. The Morgan fingerprint density at radius 3 is 2.19 bits per heavy atom. The summed E-state index contributed by atoms with van der Waals surface area (Å²) >= 11 is 0. The number of aliphatic imine (C=N–C) groups is 1. The van der Waals surface area contributed by atoms with E-state index in [1.54, 1.807) is 24.4 Å². The summed E-state index contributed by atoms with van der Waals surface area (Å²) in [4.78, 5) is 12.9. The molecule has 134 valence electrons. The smallest absolute Gasteiger partial charge is 0.154 e. The molecule has 0 saturated carbocycles. The third-order valence-corrected chi connectivity index (χ3v) is 3.38. The maximum Gasteiger partial charge on any atom is 0.154 e. The van der Waals surface area contributed by atoms with Crippen LogP contribution in [0.15, 0.2) is 103 Å². The predicted octanol–water partition coefficient (Wildman–Crippen LogP) is 4.23. The molecule has 0 fully saturated rings. The maximum absolute atomic E-state index is 8.02. The second-order valence-corrected chi connectivity index (χ2v) is 5.31. The molecule has 0 aliphatic rings. The second kappa shape index (κ2) is 10.2. The highest BCUT2D eigenvalue weighted by atomic mass is 14.9. The summed E-state index contributed by atoms with van der Waals surface area (Å²) < 4.78 is 0. The average Bonchev–Trinajstić information content (AvgIpc) is 2.75. The Bertz CT molecular complexity index is 925. The molecular formula is C22H21N5. The van der Waals surface area contributed by atoms with Crippen LogP contribution in [0.2, 0.25) is 0 Å². The number of nitrogens with one attached hydrogen (secondary N) is 1. The number of hydrogen-bond acceptors (Lipinski definition) is 3. The van der Waals surface area contributed by atoms with Crippen LogP contribution >= 0.6 is 0 Å². The van der Waals surface area contributed by atoms with Crippen LogP contribution in [0, 0.1) is 5.41 Å². The van der Waals surface area contributed by atoms with E-state index in [0.717, 1.165) is 5.69 Å². The van der Waals surface area contributed by atoms with Crippen molar-refractivity contribution in [2.45, 2.75) is 0 Å². The molecule has 2 aromatic heterocycles. The van der Waals surface area contributed by atoms with E-state index >= 15 is 0 Å². The molecule has 1 aromatic carbocycles. The van der Waals surface area contributed by atoms with Gasteiger partial charge in [0.15, 0.2) is 11.7 Å². The van der Waals surface area contributed by atoms with Crippen LogP contribution < -0.4 is 5.73 Å². The first-order chi connectivity index (χ1) is 13.2. The lowest BCUT2D eigenvalue weighted by atomic mass is 10.2. The Morgan fingerprint density at radius 2 is 1.56 bits per heavy atom. The molecule has 0 bridgehead atoms. The van der Waals surface area contributed by atoms with E-state index in [4.69, 9.17) is 11.1 Å². The van der Waals surface area contributed by atoms with Gasteiger partial charge in [0.25, 0.3) is 0 Å². The lowest BCUT2D eigenvalue weighted by Gasteiger charge is -2.04. The first-order valence-corrected chi connectivity index (χ1v) is 8.26. The van der Waals surface area contributed by atoms with E-state index in [-0.39, 0.29) is 11.7 Å². The number of hydrogen-bond donors (Lipinski definition) is 2. The van der Waals surface area contributed by atoms with E-state index in [9.17, 15) is 0 Å². The zero-order valence-electron chi connectivity index (χ0n) is 14.9. The third kappa shape index (κ3) is 5.86. The van der Waals surface area contributed by atoms with Gasteiger partial charge in [0, 0.05) is 11.8 Å². The number of nitrogens with two attached hydrogens (primary N) is 1. The summed E-state index contributed by atoms with van der Waals surface area (Å²) in [6.07, 6.45) is 4.99. The van der Waals surface area contributed by atoms with Crippen molar-refractivity contribution in [3.05, 3.63) is 109 Å². The Labute approximate surface area is 159 Å². The SMILES string of the molecule is C=CC=C.N=C(N=C(N)c1cccc(-c2ccccn2)n1)c1ccccc1. The van der Waals surface area contributed by atoms with Crippen molar-refractivity contribution in [1.82, 2.24) is 9.97 Å². The Balaban J connectivity index is 0.000000596. The van der Waals surface area contributed by atoms with E-state index in [1.807, 2.05) is 60.7 Å². The Kier molecular flexibility index (Phi) is 7.36. The maximum atomic E-state index is 8.02. The number of benzene rings is 1. The molecule has 0 amide bonds. The fourth-order valence-electron chi connectivity index (χ4n) is 2.07. The molecule has 0 saturated heterocycles. The van der Waals surface area contributed by atoms with Crippen molar-refractivity contribution in [2.75, 3.05) is 0 Å². The van der Waals surface area contributed by atoms with Crippen molar-refractivity contribution >= 4 is 11.7 Å². The van der Waals surface area contributed by atoms with Gasteiger partial charge in [-0.2, -0.15) is 0 Å². The third-order valence-electron chi connectivity index (χ3n) is 3.38. The Morgan fingerprint density at radius 1 is 0.889 bits per heavy atom. The van der Waals surface area contributed by atoms with Gasteiger partial charge < -0.3 is 5.73 Å². The molecule has 3 aromatic rings. The van der Waals surface area contributed by atoms with Gasteiger partial charge in [-0.3, -0.25) is 10.4 Å². The lowest BCUT2D eigenvalue weighted by molar-refractivity contribution is 1.22. The molecule has 0 aliphatic carbocycles. The van der Waals surface area contributed by atoms with Crippen molar-refractivity contribution in [2.24, 2.45) is 10.7 Å². The van der Waals surface area contributed by atoms with Crippen LogP contribution in [0.25, 0.3) is 11.4 Å². The molecule has 0 atom stereocenters. The van der Waals surface area contributed by atoms with Crippen LogP contribution in [0.3, 0.4) is 0 Å². The van der Waals surface area contributed by atoms with E-state index in [2.05, 4.69) is 28.1 Å². The van der Waals surface area contributed by atoms with Crippen LogP contribution in [0.5, 0.6) is 0 Å². The quantitative estimate of drug-likeness (QED) is 0.417. The van der Waals surface area contributed by atoms with Gasteiger partial charge >= 0.3 is 0 Å². The van der Waals surface area contributed by atoms with Crippen molar-refractivity contribution < 1.29 is 0 Å². The fraction of sp³-hybridized carbons (Fsp3) is 0. The second-order valence-electron chi connectivity index (χ2n) is 5.31. The molecule has 0 radical (unpaired) electrons. The first kappa shape index (κ1) is 19.5. The monoisotopic (exact) mass is 355 g/mol. The van der Waals surface area contributed by atoms with E-state index in [1.165, 1.54) is 0 Å². The standard InChI is InChI=1S/C18H15N5.C4H6/c19-17(13-7-2-1-3-8-13)23-18(20)16-11-6-10-15(22-16)14-9-4-5-12-21-14;1-3-4-2/h1-12H,(H3,19,20,23);3-4H,1-2H2. The number of rotatable bonds is 4. The van der Waals surface area contributed by atoms with Gasteiger partial charge in [-0.05, 0) is 24.3 Å². The van der Waals surface area contributed by atoms with Crippen LogP contribution in [0.1, 0.15) is 11.3 Å². The highest BCUT2D eigenvalue weighted by Gasteiger charge is 2.06. The molecule has 5 nitrogen and oxygen atoms in total. The van der Waals surface area contributed by atoms with Crippen molar-refractivity contribution in [3.63, 3.8) is 0 Å². The fourth-order valence-corrected chi connectivity index (χ4v) is 2.07. The van der Waals surface area contributed by atoms with Crippen LogP contribution in [-0.2, 0) is 0 Å². The predicted molar refractivity (Wildman–Crippen MR) is 112 cm³/mol. The summed E-state index contributed by atoms with van der Waals surface area (Å²) in [5, 5.41) is 8.02. The summed E-state index contributed by atoms with van der Waals surface area (Å²) in [5.74, 6) is 0.310. The van der Waals surface area contributed by atoms with E-state index in [0.29, 0.717) is 17.0 Å². The molecule has 5 heteroatoms. The number of nitrogens with zero attached hydrogens (tertiary/aromatic N) is 3. The molecule has 0 spiro atoms. The highest BCUT2D eigenvalue weighted by Crippen LogP contribution is 2.13. The van der Waals surface area contributed by atoms with Gasteiger partial charge in [0.1, 0.15) is 5.69 Å². The molecule has 27 heavy (non-hydrogen) atoms. The molecule has 2 heterocycles. The first-order valence-electron chi connectivity index (χ1n) is 8.26. The minimum absolute atomic E-state index is 0.105. The van der Waals surface area contributed by atoms with Gasteiger partial charge in [-0.25, -0.2) is 9.98 Å². The minimum Gasteiger partial charge on any atom is -0.382 e. The number of amidine groups is 2. The van der Waals surface area contributed by atoms with E-state index < -0.39 is 0 Å². The Hall–Kier alpha value is -3.86. The van der Waals surface area contributed by atoms with Crippen molar-refractivity contribution in [3.8, 4) is 11.4 Å². The number of aromatic nitrogens is 2. The number of pyridine rings is 2. The minimum atomic E-state index is 0.105. The van der Waals surface area contributed by atoms with Crippen LogP contribution in [0.4, 0.5) is 0 Å². The highest BCUT2D eigenvalue weighted by molar-refractivity contribution is 6.09. The van der Waals surface area contributed by atoms with Gasteiger partial charge in [-0.15, -0.1) is 0 Å². The molecule has 0 aliphatic heterocycles. The summed E-state index contributed by atoms with van der Waals surface area (Å²) in [5.41, 5.74) is 8.71.